The Balaban J connectivity index is 1.66. The molecule has 39 heavy (non-hydrogen) atoms. The van der Waals surface area contributed by atoms with E-state index in [9.17, 15) is 9.59 Å². The lowest BCUT2D eigenvalue weighted by Crippen LogP contribution is -2.38. The summed E-state index contributed by atoms with van der Waals surface area (Å²) in [6.07, 6.45) is 0.0117. The Morgan fingerprint density at radius 3 is 2.33 bits per heavy atom. The van der Waals surface area contributed by atoms with Crippen LogP contribution in [0.2, 0.25) is 0 Å². The maximum Gasteiger partial charge on any atom is 0.410 e. The van der Waals surface area contributed by atoms with Crippen molar-refractivity contribution in [1.29, 1.82) is 0 Å². The minimum atomic E-state index is -0.610. The molecule has 0 aliphatic carbocycles. The molecule has 2 amide bonds. The number of nitrogens with zero attached hydrogens (tertiary/aromatic N) is 2. The number of likely N-dealkylation sites (N-methyl/N-ethyl adjacent to an activating group) is 1. The highest BCUT2D eigenvalue weighted by molar-refractivity contribution is 5.83. The molecule has 0 saturated carbocycles. The summed E-state index contributed by atoms with van der Waals surface area (Å²) in [4.78, 5) is 29.5. The monoisotopic (exact) mass is 532 g/mol. The largest absolute Gasteiger partial charge is 0.444 e. The predicted octanol–water partition coefficient (Wildman–Crippen LogP) is 5.80. The lowest BCUT2D eigenvalue weighted by molar-refractivity contribution is -0.138. The fourth-order valence-electron chi connectivity index (χ4n) is 5.01. The normalized spacial score (nSPS) is 17.2. The third kappa shape index (κ3) is 7.58. The summed E-state index contributed by atoms with van der Waals surface area (Å²) in [6.45, 7) is 7.08. The van der Waals surface area contributed by atoms with Crippen LogP contribution in [0, 0.1) is 0 Å². The van der Waals surface area contributed by atoms with E-state index in [-0.39, 0.29) is 24.5 Å². The topological polar surface area (TPSA) is 68.3 Å². The fraction of sp³-hybridized carbons (Fsp3) is 0.438. The third-order valence-corrected chi connectivity index (χ3v) is 7.09. The molecule has 3 atom stereocenters. The van der Waals surface area contributed by atoms with Crippen LogP contribution in [-0.4, -0.2) is 73.9 Å². The summed E-state index contributed by atoms with van der Waals surface area (Å²) in [5.41, 5.74) is 1.35. The van der Waals surface area contributed by atoms with Crippen LogP contribution in [0.5, 0.6) is 0 Å². The molecular weight excluding hydrogens is 492 g/mol. The van der Waals surface area contributed by atoms with Crippen molar-refractivity contribution in [3.05, 3.63) is 83.9 Å². The molecule has 0 bridgehead atoms. The lowest BCUT2D eigenvalue weighted by atomic mass is 9.87. The molecule has 1 aliphatic heterocycles. The van der Waals surface area contributed by atoms with Crippen LogP contribution in [0.25, 0.3) is 10.8 Å². The smallest absolute Gasteiger partial charge is 0.410 e. The zero-order valence-corrected chi connectivity index (χ0v) is 23.6. The molecule has 3 aromatic carbocycles. The molecule has 1 saturated heterocycles. The lowest BCUT2D eigenvalue weighted by Gasteiger charge is -2.33. The number of hydrogen-bond donors (Lipinski definition) is 0. The average Bonchev–Trinajstić information content (AvgIpc) is 3.41. The van der Waals surface area contributed by atoms with Crippen LogP contribution in [0.15, 0.2) is 72.8 Å². The molecule has 1 heterocycles. The fourth-order valence-corrected chi connectivity index (χ4v) is 5.01. The van der Waals surface area contributed by atoms with Crippen LogP contribution in [0.4, 0.5) is 4.79 Å². The molecule has 1 fully saturated rings. The van der Waals surface area contributed by atoms with Gasteiger partial charge in [-0.2, -0.15) is 0 Å². The summed E-state index contributed by atoms with van der Waals surface area (Å²) in [5.74, 6) is -0.319. The predicted molar refractivity (Wildman–Crippen MR) is 153 cm³/mol. The van der Waals surface area contributed by atoms with Gasteiger partial charge >= 0.3 is 6.09 Å². The number of hydrogen-bond acceptors (Lipinski definition) is 5. The van der Waals surface area contributed by atoms with E-state index in [1.165, 1.54) is 0 Å². The Morgan fingerprint density at radius 1 is 0.974 bits per heavy atom. The van der Waals surface area contributed by atoms with Crippen molar-refractivity contribution in [3.8, 4) is 0 Å². The van der Waals surface area contributed by atoms with Crippen molar-refractivity contribution < 1.29 is 23.8 Å². The Bertz CT molecular complexity index is 1260. The number of ether oxygens (including phenoxy) is 3. The average molecular weight is 533 g/mol. The molecule has 7 nitrogen and oxygen atoms in total. The van der Waals surface area contributed by atoms with Gasteiger partial charge in [0, 0.05) is 39.7 Å². The number of carbonyl (C=O) groups is 2. The number of fused-ring (bicyclic) bond motifs is 1. The summed E-state index contributed by atoms with van der Waals surface area (Å²) < 4.78 is 17.6. The van der Waals surface area contributed by atoms with Crippen LogP contribution in [-0.2, 0) is 19.0 Å². The highest BCUT2D eigenvalue weighted by atomic mass is 16.6. The van der Waals surface area contributed by atoms with Gasteiger partial charge in [-0.1, -0.05) is 72.8 Å². The Hall–Kier alpha value is -3.42. The zero-order valence-electron chi connectivity index (χ0n) is 23.6. The second kappa shape index (κ2) is 12.6. The van der Waals surface area contributed by atoms with E-state index in [0.717, 1.165) is 28.3 Å². The van der Waals surface area contributed by atoms with Crippen molar-refractivity contribution >= 4 is 22.8 Å². The first-order chi connectivity index (χ1) is 18.6. The molecule has 4 rings (SSSR count). The molecule has 0 unspecified atom stereocenters. The van der Waals surface area contributed by atoms with E-state index >= 15 is 0 Å². The summed E-state index contributed by atoms with van der Waals surface area (Å²) in [6, 6.07) is 24.4. The third-order valence-electron chi connectivity index (χ3n) is 7.09. The number of methoxy groups -OCH3 is 1. The number of amides is 2. The van der Waals surface area contributed by atoms with Crippen LogP contribution >= 0.6 is 0 Å². The van der Waals surface area contributed by atoms with Gasteiger partial charge in [0.1, 0.15) is 12.2 Å². The molecule has 0 radical (unpaired) electrons. The van der Waals surface area contributed by atoms with E-state index in [1.807, 2.05) is 63.2 Å². The second-order valence-electron chi connectivity index (χ2n) is 11.2. The first-order valence-corrected chi connectivity index (χ1v) is 13.5. The minimum absolute atomic E-state index is 0.0593. The van der Waals surface area contributed by atoms with Gasteiger partial charge < -0.3 is 24.0 Å². The van der Waals surface area contributed by atoms with Crippen molar-refractivity contribution in [2.24, 2.45) is 0 Å². The molecule has 0 aromatic heterocycles. The van der Waals surface area contributed by atoms with E-state index in [0.29, 0.717) is 19.6 Å². The minimum Gasteiger partial charge on any atom is -0.444 e. The highest BCUT2D eigenvalue weighted by Gasteiger charge is 2.32. The Labute approximate surface area is 231 Å². The molecule has 7 heteroatoms. The molecule has 208 valence electrons. The molecule has 3 aromatic rings. The van der Waals surface area contributed by atoms with Crippen molar-refractivity contribution in [2.75, 3.05) is 40.4 Å². The zero-order chi connectivity index (χ0) is 28.0. The Kier molecular flexibility index (Phi) is 9.25. The standard InChI is InChI=1S/C32H40N2O5/c1-32(2,3)39-31(36)33(4)21-28(26-16-15-23-11-9-10-14-25(23)19-26)30(24-12-7-6-8-13-24)38-22-29(35)34-18-17-27(20-34)37-5/h6-16,19,27-28,30H,17-18,20-22H2,1-5H3/t27-,28+,30+/m0/s1. The van der Waals surface area contributed by atoms with Gasteiger partial charge in [0.2, 0.25) is 5.91 Å². The SMILES string of the molecule is CO[C@H]1CCN(C(=O)CO[C@H](c2ccccc2)[C@H](CN(C)C(=O)OC(C)(C)C)c2ccc3ccccc3c2)C1. The first kappa shape index (κ1) is 28.6. The maximum atomic E-state index is 13.1. The number of carbonyl (C=O) groups excluding carboxylic acids is 2. The summed E-state index contributed by atoms with van der Waals surface area (Å²) in [5, 5.41) is 2.24. The molecule has 1 aliphatic rings. The van der Waals surface area contributed by atoms with E-state index < -0.39 is 17.8 Å². The van der Waals surface area contributed by atoms with Gasteiger partial charge in [-0.05, 0) is 49.1 Å². The first-order valence-electron chi connectivity index (χ1n) is 13.5. The van der Waals surface area contributed by atoms with Gasteiger partial charge in [0.15, 0.2) is 0 Å². The van der Waals surface area contributed by atoms with Gasteiger partial charge in [-0.3, -0.25) is 4.79 Å². The van der Waals surface area contributed by atoms with Gasteiger partial charge in [0.25, 0.3) is 0 Å². The highest BCUT2D eigenvalue weighted by Crippen LogP contribution is 2.36. The van der Waals surface area contributed by atoms with Gasteiger partial charge in [0.05, 0.1) is 12.2 Å². The quantitative estimate of drug-likeness (QED) is 0.349. The van der Waals surface area contributed by atoms with Crippen LogP contribution in [0.1, 0.15) is 50.3 Å². The van der Waals surface area contributed by atoms with Crippen molar-refractivity contribution in [1.82, 2.24) is 9.80 Å². The second-order valence-corrected chi connectivity index (χ2v) is 11.2. The van der Waals surface area contributed by atoms with Crippen molar-refractivity contribution in [3.63, 3.8) is 0 Å². The Morgan fingerprint density at radius 2 is 1.67 bits per heavy atom. The van der Waals surface area contributed by atoms with E-state index in [2.05, 4.69) is 30.3 Å². The van der Waals surface area contributed by atoms with Crippen LogP contribution in [0.3, 0.4) is 0 Å². The van der Waals surface area contributed by atoms with Crippen LogP contribution < -0.4 is 0 Å². The summed E-state index contributed by atoms with van der Waals surface area (Å²) >= 11 is 0. The van der Waals surface area contributed by atoms with E-state index in [1.54, 1.807) is 24.0 Å². The van der Waals surface area contributed by atoms with Crippen molar-refractivity contribution in [2.45, 2.75) is 50.9 Å². The number of likely N-dealkylation sites (tertiary alicyclic amines) is 1. The molecule has 0 N–H and O–H groups in total. The van der Waals surface area contributed by atoms with E-state index in [4.69, 9.17) is 14.2 Å². The van der Waals surface area contributed by atoms with Gasteiger partial charge in [-0.25, -0.2) is 4.79 Å². The molecule has 0 spiro atoms. The maximum absolute atomic E-state index is 13.1. The number of benzene rings is 3. The summed E-state index contributed by atoms with van der Waals surface area (Å²) in [7, 11) is 3.42. The number of rotatable bonds is 9. The molecular formula is C32H40N2O5. The van der Waals surface area contributed by atoms with Gasteiger partial charge in [-0.15, -0.1) is 0 Å².